The average Bonchev–Trinajstić information content (AvgIpc) is 1.74. The van der Waals surface area contributed by atoms with Gasteiger partial charge in [0.2, 0.25) is 30.0 Å². The van der Waals surface area contributed by atoms with Gasteiger partial charge in [-0.25, -0.2) is 19.4 Å². The molecule has 8 aliphatic heterocycles. The van der Waals surface area contributed by atoms with Gasteiger partial charge in [-0.3, -0.25) is 19.2 Å². The Kier molecular flexibility index (Phi) is 17.2. The molecule has 28 heteroatoms. The van der Waals surface area contributed by atoms with Crippen molar-refractivity contribution in [1.82, 2.24) is 34.7 Å². The van der Waals surface area contributed by atoms with Gasteiger partial charge in [0.1, 0.15) is 17.9 Å². The molecule has 8 N–H and O–H groups in total. The number of aromatic nitrogens is 4. The van der Waals surface area contributed by atoms with Crippen LogP contribution in [0.1, 0.15) is 83.0 Å². The van der Waals surface area contributed by atoms with Crippen molar-refractivity contribution < 1.29 is 78.8 Å². The molecule has 1 aromatic carbocycles. The van der Waals surface area contributed by atoms with Gasteiger partial charge in [0.05, 0.1) is 88.1 Å². The fourth-order valence-electron chi connectivity index (χ4n) is 13.2. The van der Waals surface area contributed by atoms with Gasteiger partial charge in [-0.15, -0.1) is 34.9 Å². The van der Waals surface area contributed by atoms with Crippen LogP contribution in [0.4, 0.5) is 5.69 Å². The van der Waals surface area contributed by atoms with E-state index in [4.69, 9.17) is 5.11 Å². The monoisotopic (exact) mass is 1230 g/mol. The molecule has 15 atom stereocenters. The number of carbonyl (C=O) groups is 8. The molecular formula is C56H65N9O15S4. The van der Waals surface area contributed by atoms with Gasteiger partial charge < -0.3 is 65.9 Å². The number of aromatic carboxylic acids is 1. The zero-order valence-corrected chi connectivity index (χ0v) is 50.0. The lowest BCUT2D eigenvalue weighted by atomic mass is 9.79. The summed E-state index contributed by atoms with van der Waals surface area (Å²) in [6.07, 6.45) is 6.94. The summed E-state index contributed by atoms with van der Waals surface area (Å²) in [5.74, 6) is -8.30. The third kappa shape index (κ3) is 10.9. The van der Waals surface area contributed by atoms with Gasteiger partial charge in [-0.05, 0) is 75.7 Å². The molecule has 12 rings (SSSR count). The van der Waals surface area contributed by atoms with Gasteiger partial charge in [0.25, 0.3) is 0 Å². The van der Waals surface area contributed by atoms with Gasteiger partial charge in [-0.1, -0.05) is 44.7 Å². The van der Waals surface area contributed by atoms with E-state index in [1.165, 1.54) is 79.0 Å². The highest BCUT2D eigenvalue weighted by Gasteiger charge is 2.62. The minimum absolute atomic E-state index is 0.00205. The number of hydrogen-bond acceptors (Lipinski definition) is 19. The van der Waals surface area contributed by atoms with E-state index in [2.05, 4.69) is 33.6 Å². The predicted octanol–water partition coefficient (Wildman–Crippen LogP) is 2.25. The fourth-order valence-corrected chi connectivity index (χ4v) is 18.5. The number of amides is 4. The number of carboxylic acids is 4. The number of carboxylic acid groups (broad SMARTS) is 4. The Morgan fingerprint density at radius 3 is 1.83 bits per heavy atom. The summed E-state index contributed by atoms with van der Waals surface area (Å²) < 4.78 is 4.72. The lowest BCUT2D eigenvalue weighted by Crippen LogP contribution is -2.64. The second-order valence-electron chi connectivity index (χ2n) is 22.7. The van der Waals surface area contributed by atoms with E-state index < -0.39 is 59.9 Å². The Bertz CT molecular complexity index is 3350. The minimum Gasteiger partial charge on any atom is -0.543 e. The first kappa shape index (κ1) is 60.7. The Morgan fingerprint density at radius 1 is 0.762 bits per heavy atom. The second kappa shape index (κ2) is 23.8. The zero-order chi connectivity index (χ0) is 60.7. The minimum atomic E-state index is -1.32. The molecule has 0 bridgehead atoms. The van der Waals surface area contributed by atoms with Crippen LogP contribution in [0.25, 0.3) is 5.57 Å². The molecule has 1 saturated carbocycles. The molecule has 9 aliphatic rings. The SMILES string of the molecule is C[C@@H](O)[C@H]1C(=O)N2C(C(=O)O)=C(S[C@@H]3CC[C@H](C(=O)Nc4cccc(C(=O)O)c4)C3)[C@H](C)[C@H]12.C[C@@H](O)[C@H]1C(=O)N2C(C(=O)[O-])=C(SC3Cn4cnc[n+]4C3)[C@H](C)[C@H]12.C[C@H]1C=C(c2cnc(SC3=C(C(=O)O)N4C(=O)[C@H]([C@@H](C)O)[C@H]4[C@H]3C)s2)CN1. The normalized spacial score (nSPS) is 30.9. The molecule has 4 amide bonds. The van der Waals surface area contributed by atoms with Crippen molar-refractivity contribution in [3.8, 4) is 0 Å². The topological polar surface area (TPSA) is 349 Å². The number of carbonyl (C=O) groups excluding carboxylic acids is 5. The number of β-lactam (4-membered cyclic amide) rings is 3. The number of thioether (sulfide) groups is 3. The summed E-state index contributed by atoms with van der Waals surface area (Å²) in [5, 5.41) is 76.3. The van der Waals surface area contributed by atoms with Crippen LogP contribution in [0.3, 0.4) is 0 Å². The van der Waals surface area contributed by atoms with Crippen LogP contribution in [0.2, 0.25) is 0 Å². The largest absolute Gasteiger partial charge is 0.543 e. The number of fused-ring (bicyclic) bond motifs is 4. The van der Waals surface area contributed by atoms with Crippen molar-refractivity contribution in [2.24, 2.45) is 41.4 Å². The molecular weight excluding hydrogens is 1170 g/mol. The zero-order valence-electron chi connectivity index (χ0n) is 46.7. The summed E-state index contributed by atoms with van der Waals surface area (Å²) in [5.41, 5.74) is 1.73. The van der Waals surface area contributed by atoms with E-state index in [0.29, 0.717) is 39.3 Å². The average molecular weight is 1230 g/mol. The molecule has 84 heavy (non-hydrogen) atoms. The molecule has 3 saturated heterocycles. The number of thiazole rings is 1. The van der Waals surface area contributed by atoms with Crippen molar-refractivity contribution in [2.45, 2.75) is 138 Å². The number of anilines is 1. The van der Waals surface area contributed by atoms with Crippen molar-refractivity contribution in [3.63, 3.8) is 0 Å². The molecule has 0 radical (unpaired) electrons. The molecule has 4 fully saturated rings. The van der Waals surface area contributed by atoms with E-state index in [0.717, 1.165) is 35.3 Å². The van der Waals surface area contributed by atoms with Crippen LogP contribution in [0, 0.1) is 41.4 Å². The van der Waals surface area contributed by atoms with E-state index in [1.807, 2.05) is 36.3 Å². The predicted molar refractivity (Wildman–Crippen MR) is 304 cm³/mol. The summed E-state index contributed by atoms with van der Waals surface area (Å²) in [7, 11) is 0. The van der Waals surface area contributed by atoms with Crippen molar-refractivity contribution >= 4 is 105 Å². The van der Waals surface area contributed by atoms with E-state index in [-0.39, 0.29) is 98.6 Å². The summed E-state index contributed by atoms with van der Waals surface area (Å²) in [6.45, 7) is 14.8. The summed E-state index contributed by atoms with van der Waals surface area (Å²) >= 11 is 5.77. The number of benzene rings is 1. The van der Waals surface area contributed by atoms with Gasteiger partial charge >= 0.3 is 24.2 Å². The van der Waals surface area contributed by atoms with Crippen LogP contribution in [0.5, 0.6) is 0 Å². The van der Waals surface area contributed by atoms with E-state index in [9.17, 15) is 69.0 Å². The Labute approximate surface area is 499 Å². The highest BCUT2D eigenvalue weighted by molar-refractivity contribution is 8.04. The van der Waals surface area contributed by atoms with Crippen molar-refractivity contribution in [1.29, 1.82) is 0 Å². The van der Waals surface area contributed by atoms with E-state index in [1.54, 1.807) is 45.6 Å². The Balaban J connectivity index is 0.000000142. The van der Waals surface area contributed by atoms with E-state index >= 15 is 0 Å². The van der Waals surface area contributed by atoms with Crippen LogP contribution in [0.15, 0.2) is 85.3 Å². The quantitative estimate of drug-likeness (QED) is 0.0753. The molecule has 10 heterocycles. The maximum absolute atomic E-state index is 12.7. The van der Waals surface area contributed by atoms with Gasteiger partial charge in [-0.2, -0.15) is 9.36 Å². The van der Waals surface area contributed by atoms with Gasteiger partial charge in [0.15, 0.2) is 4.34 Å². The number of nitrogens with zero attached hydrogens (tertiary/aromatic N) is 7. The Hall–Kier alpha value is -6.40. The van der Waals surface area contributed by atoms with Crippen molar-refractivity contribution in [2.75, 3.05) is 11.9 Å². The highest BCUT2D eigenvalue weighted by Crippen LogP contribution is 2.55. The maximum Gasteiger partial charge on any atom is 0.353 e. The summed E-state index contributed by atoms with van der Waals surface area (Å²) in [4.78, 5) is 112. The molecule has 1 aliphatic carbocycles. The maximum atomic E-state index is 12.7. The van der Waals surface area contributed by atoms with Crippen LogP contribution in [-0.4, -0.2) is 167 Å². The third-order valence-corrected chi connectivity index (χ3v) is 22.7. The number of nitrogens with one attached hydrogen (secondary N) is 2. The molecule has 3 aromatic rings. The number of aliphatic carboxylic acids is 3. The van der Waals surface area contributed by atoms with Crippen molar-refractivity contribution in [3.05, 3.63) is 91.4 Å². The van der Waals surface area contributed by atoms with Crippen LogP contribution < -0.4 is 20.4 Å². The first-order valence-electron chi connectivity index (χ1n) is 27.7. The molecule has 0 spiro atoms. The Morgan fingerprint density at radius 2 is 1.31 bits per heavy atom. The molecule has 0 unspecified atom stereocenters. The highest BCUT2D eigenvalue weighted by atomic mass is 32.2. The first-order valence-corrected chi connectivity index (χ1v) is 31.1. The van der Waals surface area contributed by atoms with Gasteiger partial charge in [0, 0.05) is 68.1 Å². The number of rotatable bonds is 16. The first-order chi connectivity index (χ1) is 39.8. The third-order valence-electron chi connectivity index (χ3n) is 17.2. The second-order valence-corrected chi connectivity index (χ2v) is 27.7. The number of aliphatic hydroxyl groups excluding tert-OH is 3. The number of aliphatic hydroxyl groups is 3. The molecule has 448 valence electrons. The molecule has 24 nitrogen and oxygen atoms in total. The lowest BCUT2D eigenvalue weighted by Gasteiger charge is -2.47. The summed E-state index contributed by atoms with van der Waals surface area (Å²) in [6, 6.07) is 5.46. The standard InChI is InChI=1S/C23H26N2O7S.C18H21N3O4S2.C15H18N4O4S/c1-10-17-16(11(2)26)21(28)25(17)18(23(31)32)19(10)33-15-7-6-12(9-15)20(27)24-14-5-3-4-13(8-14)22(29)30;1-7-4-10(5-19-7)11-6-20-18(26-11)27-15-8(2)13-12(9(3)22)16(23)21(13)14(15)17(24)25;1-7-11-10(8(2)20)14(21)19(11)12(15(22)23)13(7)24-9-3-17-5-16-6-18(17)4-9/h3-5,8,10-12,15-17,26H,6-7,9H2,1-2H3,(H,24,27)(H,29,30)(H,31,32);4,6-9,12-13,19,22H,5H2,1-3H3,(H,24,25);5-11,20H,3-4H2,1-2H3/t10-,11-,12+,15-,16-,17-;7-,8+,9+,12+,13+;7-,8-,10-,11-/m101/s1. The number of hydrogen-bond donors (Lipinski definition) is 8. The lowest BCUT2D eigenvalue weighted by molar-refractivity contribution is -0.758. The fraction of sp³-hybridized carbons (Fsp3) is 0.518. The smallest absolute Gasteiger partial charge is 0.353 e. The van der Waals surface area contributed by atoms with Crippen LogP contribution in [-0.2, 0) is 46.7 Å². The van der Waals surface area contributed by atoms with Crippen LogP contribution >= 0.6 is 46.6 Å². The molecule has 2 aromatic heterocycles.